The van der Waals surface area contributed by atoms with Gasteiger partial charge in [-0.3, -0.25) is 4.79 Å². The van der Waals surface area contributed by atoms with Gasteiger partial charge in [-0.15, -0.1) is 0 Å². The highest BCUT2D eigenvalue weighted by Gasteiger charge is 2.18. The van der Waals surface area contributed by atoms with Gasteiger partial charge in [-0.25, -0.2) is 9.59 Å². The van der Waals surface area contributed by atoms with Crippen LogP contribution in [-0.2, 0) is 4.74 Å². The number of para-hydroxylation sites is 1. The molecule has 6 nitrogen and oxygen atoms in total. The topological polar surface area (TPSA) is 89.4 Å². The molecule has 0 fully saturated rings. The molecule has 2 aromatic heterocycles. The largest absolute Gasteiger partial charge is 0.462 e. The molecule has 0 aliphatic rings. The van der Waals surface area contributed by atoms with Crippen molar-refractivity contribution >= 4 is 27.8 Å². The third-order valence-electron chi connectivity index (χ3n) is 3.44. The van der Waals surface area contributed by atoms with Crippen molar-refractivity contribution in [3.63, 3.8) is 0 Å². The Labute approximate surface area is 124 Å². The van der Waals surface area contributed by atoms with Crippen LogP contribution in [0.25, 0.3) is 21.9 Å². The Bertz CT molecular complexity index is 1010. The fourth-order valence-electron chi connectivity index (χ4n) is 2.40. The highest BCUT2D eigenvalue weighted by Crippen LogP contribution is 2.22. The predicted octanol–water partition coefficient (Wildman–Crippen LogP) is 2.12. The van der Waals surface area contributed by atoms with E-state index in [1.807, 2.05) is 13.0 Å². The fourth-order valence-corrected chi connectivity index (χ4v) is 2.40. The summed E-state index contributed by atoms with van der Waals surface area (Å²) < 4.78 is 10.0. The van der Waals surface area contributed by atoms with E-state index in [0.29, 0.717) is 10.9 Å². The maximum atomic E-state index is 12.2. The number of esters is 1. The van der Waals surface area contributed by atoms with Crippen LogP contribution < -0.4 is 11.2 Å². The Hall–Kier alpha value is -2.89. The van der Waals surface area contributed by atoms with Gasteiger partial charge >= 0.3 is 11.6 Å². The number of hydrogen-bond donors (Lipinski definition) is 1. The van der Waals surface area contributed by atoms with Crippen LogP contribution in [0.3, 0.4) is 0 Å². The molecule has 1 N–H and O–H groups in total. The number of pyridine rings is 1. The SMILES string of the molecule is CCOC(=O)c1cc2c(=O)[nH]c3c(C)cccc3c2oc1=O. The van der Waals surface area contributed by atoms with Crippen LogP contribution in [-0.4, -0.2) is 17.6 Å². The third-order valence-corrected chi connectivity index (χ3v) is 3.44. The molecule has 3 rings (SSSR count). The number of hydrogen-bond acceptors (Lipinski definition) is 5. The van der Waals surface area contributed by atoms with Gasteiger partial charge in [0, 0.05) is 5.39 Å². The zero-order chi connectivity index (χ0) is 15.9. The van der Waals surface area contributed by atoms with Gasteiger partial charge in [0.05, 0.1) is 17.5 Å². The average Bonchev–Trinajstić information content (AvgIpc) is 2.48. The van der Waals surface area contributed by atoms with Crippen molar-refractivity contribution in [1.29, 1.82) is 0 Å². The molecule has 0 bridgehead atoms. The van der Waals surface area contributed by atoms with Gasteiger partial charge < -0.3 is 14.1 Å². The molecular formula is C16H13NO5. The molecular weight excluding hydrogens is 286 g/mol. The van der Waals surface area contributed by atoms with Gasteiger partial charge in [-0.1, -0.05) is 12.1 Å². The summed E-state index contributed by atoms with van der Waals surface area (Å²) in [5.41, 5.74) is 0.0958. The lowest BCUT2D eigenvalue weighted by atomic mass is 10.1. The van der Waals surface area contributed by atoms with Gasteiger partial charge in [0.2, 0.25) is 0 Å². The number of rotatable bonds is 2. The number of H-pyrrole nitrogens is 1. The summed E-state index contributed by atoms with van der Waals surface area (Å²) in [5, 5.41) is 0.753. The number of fused-ring (bicyclic) bond motifs is 3. The summed E-state index contributed by atoms with van der Waals surface area (Å²) in [6, 6.07) is 6.61. The average molecular weight is 299 g/mol. The zero-order valence-electron chi connectivity index (χ0n) is 12.1. The second kappa shape index (κ2) is 5.14. The Morgan fingerprint density at radius 2 is 2.05 bits per heavy atom. The summed E-state index contributed by atoms with van der Waals surface area (Å²) in [4.78, 5) is 38.7. The lowest BCUT2D eigenvalue weighted by Crippen LogP contribution is -2.18. The van der Waals surface area contributed by atoms with Gasteiger partial charge in [0.25, 0.3) is 5.56 Å². The molecule has 0 spiro atoms. The van der Waals surface area contributed by atoms with Crippen molar-refractivity contribution in [3.8, 4) is 0 Å². The Morgan fingerprint density at radius 3 is 2.77 bits per heavy atom. The normalized spacial score (nSPS) is 11.0. The van der Waals surface area contributed by atoms with E-state index in [0.717, 1.165) is 5.56 Å². The Kier molecular flexibility index (Phi) is 3.29. The maximum absolute atomic E-state index is 12.2. The summed E-state index contributed by atoms with van der Waals surface area (Å²) in [6.45, 7) is 3.60. The van der Waals surface area contributed by atoms with E-state index in [1.165, 1.54) is 6.07 Å². The fraction of sp³-hybridized carbons (Fsp3) is 0.188. The van der Waals surface area contributed by atoms with E-state index in [1.54, 1.807) is 19.1 Å². The van der Waals surface area contributed by atoms with Gasteiger partial charge in [-0.2, -0.15) is 0 Å². The van der Waals surface area contributed by atoms with Crippen molar-refractivity contribution in [2.24, 2.45) is 0 Å². The lowest BCUT2D eigenvalue weighted by Gasteiger charge is -2.06. The number of aromatic amines is 1. The first-order valence-electron chi connectivity index (χ1n) is 6.79. The van der Waals surface area contributed by atoms with Crippen molar-refractivity contribution in [2.75, 3.05) is 6.61 Å². The molecule has 1 aromatic carbocycles. The number of benzene rings is 1. The monoisotopic (exact) mass is 299 g/mol. The van der Waals surface area contributed by atoms with E-state index in [4.69, 9.17) is 9.15 Å². The number of ether oxygens (including phenoxy) is 1. The minimum atomic E-state index is -0.820. The van der Waals surface area contributed by atoms with E-state index in [9.17, 15) is 14.4 Å². The Balaban J connectivity index is 2.43. The smallest absolute Gasteiger partial charge is 0.351 e. The van der Waals surface area contributed by atoms with Crippen molar-refractivity contribution in [3.05, 3.63) is 56.2 Å². The van der Waals surface area contributed by atoms with E-state index in [-0.39, 0.29) is 23.1 Å². The lowest BCUT2D eigenvalue weighted by molar-refractivity contribution is 0.0522. The first-order chi connectivity index (χ1) is 10.5. The van der Waals surface area contributed by atoms with Crippen LogP contribution in [0.1, 0.15) is 22.8 Å². The van der Waals surface area contributed by atoms with Gasteiger partial charge in [0.15, 0.2) is 5.58 Å². The maximum Gasteiger partial charge on any atom is 0.351 e. The molecule has 112 valence electrons. The molecule has 0 aliphatic carbocycles. The Morgan fingerprint density at radius 1 is 1.27 bits per heavy atom. The molecule has 0 amide bonds. The molecule has 6 heteroatoms. The van der Waals surface area contributed by atoms with Crippen LogP contribution in [0.2, 0.25) is 0 Å². The number of carbonyl (C=O) groups is 1. The molecule has 3 aromatic rings. The number of aryl methyl sites for hydroxylation is 1. The molecule has 0 unspecified atom stereocenters. The minimum Gasteiger partial charge on any atom is -0.462 e. The van der Waals surface area contributed by atoms with Crippen LogP contribution in [0, 0.1) is 6.92 Å². The highest BCUT2D eigenvalue weighted by atomic mass is 16.5. The van der Waals surface area contributed by atoms with Crippen molar-refractivity contribution in [1.82, 2.24) is 4.98 Å². The van der Waals surface area contributed by atoms with Crippen molar-refractivity contribution < 1.29 is 13.9 Å². The van der Waals surface area contributed by atoms with Crippen molar-refractivity contribution in [2.45, 2.75) is 13.8 Å². The second-order valence-electron chi connectivity index (χ2n) is 4.86. The molecule has 0 saturated carbocycles. The standard InChI is InChI=1S/C16H13NO5/c1-3-21-15(19)11-7-10-13(22-16(11)20)9-6-4-5-8(2)12(9)17-14(10)18/h4-7H,3H2,1-2H3,(H,17,18). The quantitative estimate of drug-likeness (QED) is 0.578. The number of nitrogens with one attached hydrogen (secondary N) is 1. The van der Waals surface area contributed by atoms with E-state index in [2.05, 4.69) is 4.98 Å². The summed E-state index contributed by atoms with van der Waals surface area (Å²) in [6.07, 6.45) is 0. The molecule has 0 aliphatic heterocycles. The van der Waals surface area contributed by atoms with E-state index < -0.39 is 17.2 Å². The van der Waals surface area contributed by atoms with Crippen LogP contribution in [0.5, 0.6) is 0 Å². The molecule has 0 saturated heterocycles. The first kappa shape index (κ1) is 14.1. The second-order valence-corrected chi connectivity index (χ2v) is 4.86. The molecule has 2 heterocycles. The summed E-state index contributed by atoms with van der Waals surface area (Å²) >= 11 is 0. The predicted molar refractivity (Wildman–Crippen MR) is 81.3 cm³/mol. The highest BCUT2D eigenvalue weighted by molar-refractivity contribution is 6.04. The zero-order valence-corrected chi connectivity index (χ0v) is 12.1. The van der Waals surface area contributed by atoms with Crippen LogP contribution in [0.4, 0.5) is 0 Å². The van der Waals surface area contributed by atoms with E-state index >= 15 is 0 Å². The molecule has 0 radical (unpaired) electrons. The summed E-state index contributed by atoms with van der Waals surface area (Å²) in [7, 11) is 0. The number of carbonyl (C=O) groups excluding carboxylic acids is 1. The number of aromatic nitrogens is 1. The van der Waals surface area contributed by atoms with Gasteiger partial charge in [0.1, 0.15) is 5.56 Å². The van der Waals surface area contributed by atoms with Gasteiger partial charge in [-0.05, 0) is 31.5 Å². The minimum absolute atomic E-state index is 0.129. The third kappa shape index (κ3) is 2.09. The molecule has 22 heavy (non-hydrogen) atoms. The summed E-state index contributed by atoms with van der Waals surface area (Å²) in [5.74, 6) is -0.804. The van der Waals surface area contributed by atoms with Crippen LogP contribution in [0.15, 0.2) is 38.3 Å². The first-order valence-corrected chi connectivity index (χ1v) is 6.79. The molecule has 0 atom stereocenters. The van der Waals surface area contributed by atoms with Crippen LogP contribution >= 0.6 is 0 Å².